The van der Waals surface area contributed by atoms with Gasteiger partial charge >= 0.3 is 0 Å². The number of anilines is 1. The fourth-order valence-corrected chi connectivity index (χ4v) is 3.38. The molecule has 0 unspecified atom stereocenters. The summed E-state index contributed by atoms with van der Waals surface area (Å²) >= 11 is 0. The van der Waals surface area contributed by atoms with Gasteiger partial charge in [-0.3, -0.25) is 9.59 Å². The first kappa shape index (κ1) is 20.1. The highest BCUT2D eigenvalue weighted by molar-refractivity contribution is 5.97. The number of methoxy groups -OCH3 is 1. The molecule has 8 nitrogen and oxygen atoms in total. The third kappa shape index (κ3) is 3.59. The Labute approximate surface area is 178 Å². The molecule has 0 saturated heterocycles. The maximum absolute atomic E-state index is 13.2. The monoisotopic (exact) mass is 415 g/mol. The van der Waals surface area contributed by atoms with Crippen molar-refractivity contribution in [2.45, 2.75) is 0 Å². The lowest BCUT2D eigenvalue weighted by atomic mass is 10.0. The summed E-state index contributed by atoms with van der Waals surface area (Å²) in [5, 5.41) is 0.409. The third-order valence-corrected chi connectivity index (χ3v) is 4.92. The number of amides is 1. The van der Waals surface area contributed by atoms with Crippen molar-refractivity contribution in [3.05, 3.63) is 76.7 Å². The van der Waals surface area contributed by atoms with Crippen LogP contribution in [0.25, 0.3) is 27.7 Å². The number of nitrogens with two attached hydrogens (primary N) is 1. The van der Waals surface area contributed by atoms with Crippen LogP contribution < -0.4 is 16.0 Å². The fraction of sp³-hybridized carbons (Fsp3) is 0.130. The number of hydrogen-bond acceptors (Lipinski definition) is 6. The van der Waals surface area contributed by atoms with Crippen molar-refractivity contribution in [2.75, 3.05) is 26.9 Å². The molecule has 0 atom stereocenters. The molecule has 2 heterocycles. The van der Waals surface area contributed by atoms with E-state index in [0.717, 1.165) is 5.56 Å². The number of ether oxygens (including phenoxy) is 1. The Morgan fingerprint density at radius 3 is 2.48 bits per heavy atom. The lowest BCUT2D eigenvalue weighted by Crippen LogP contribution is -2.23. The van der Waals surface area contributed by atoms with E-state index < -0.39 is 0 Å². The highest BCUT2D eigenvalue weighted by Gasteiger charge is 2.18. The van der Waals surface area contributed by atoms with Crippen LogP contribution in [0.15, 0.2) is 65.6 Å². The molecule has 0 aliphatic rings. The van der Waals surface area contributed by atoms with E-state index >= 15 is 0 Å². The third-order valence-electron chi connectivity index (χ3n) is 4.92. The molecule has 4 aromatic rings. The maximum Gasteiger partial charge on any atom is 0.267 e. The van der Waals surface area contributed by atoms with Crippen LogP contribution in [0.2, 0.25) is 0 Å². The molecule has 1 amide bonds. The number of benzene rings is 2. The lowest BCUT2D eigenvalue weighted by Gasteiger charge is -2.14. The Hall–Kier alpha value is -4.20. The van der Waals surface area contributed by atoms with Gasteiger partial charge in [0, 0.05) is 25.9 Å². The molecule has 0 bridgehead atoms. The largest absolute Gasteiger partial charge is 0.480 e. The van der Waals surface area contributed by atoms with Crippen molar-refractivity contribution >= 4 is 22.8 Å². The minimum absolute atomic E-state index is 0.112. The summed E-state index contributed by atoms with van der Waals surface area (Å²) in [6.45, 7) is 0. The Kier molecular flexibility index (Phi) is 5.12. The van der Waals surface area contributed by atoms with Gasteiger partial charge in [-0.2, -0.15) is 0 Å². The molecule has 2 aromatic heterocycles. The van der Waals surface area contributed by atoms with E-state index in [1.807, 2.05) is 24.3 Å². The topological polar surface area (TPSA) is 103 Å². The van der Waals surface area contributed by atoms with Crippen LogP contribution in [0.5, 0.6) is 5.88 Å². The van der Waals surface area contributed by atoms with E-state index in [2.05, 4.69) is 9.97 Å². The molecule has 2 N–H and O–H groups in total. The number of nitrogens with zero attached hydrogens (tertiary/aromatic N) is 4. The van der Waals surface area contributed by atoms with Crippen molar-refractivity contribution in [3.8, 4) is 22.7 Å². The number of carbonyl (C=O) groups excluding carboxylic acids is 1. The van der Waals surface area contributed by atoms with Gasteiger partial charge < -0.3 is 15.4 Å². The lowest BCUT2D eigenvalue weighted by molar-refractivity contribution is 0.0823. The van der Waals surface area contributed by atoms with Crippen molar-refractivity contribution in [2.24, 2.45) is 0 Å². The minimum atomic E-state index is -0.276. The molecule has 8 heteroatoms. The summed E-state index contributed by atoms with van der Waals surface area (Å²) in [5.41, 5.74) is 8.65. The number of nitrogen functional groups attached to an aromatic ring is 1. The van der Waals surface area contributed by atoms with Gasteiger partial charge in [0.25, 0.3) is 11.5 Å². The first-order valence-electron chi connectivity index (χ1n) is 9.54. The van der Waals surface area contributed by atoms with Gasteiger partial charge in [0.2, 0.25) is 11.8 Å². The zero-order valence-electron chi connectivity index (χ0n) is 17.4. The van der Waals surface area contributed by atoms with E-state index in [9.17, 15) is 9.59 Å². The van der Waals surface area contributed by atoms with Crippen LogP contribution in [0.3, 0.4) is 0 Å². The molecule has 0 fully saturated rings. The molecule has 0 spiro atoms. The second-order valence-corrected chi connectivity index (χ2v) is 7.16. The second kappa shape index (κ2) is 7.91. The summed E-state index contributed by atoms with van der Waals surface area (Å²) < 4.78 is 6.61. The molecule has 4 rings (SSSR count). The quantitative estimate of drug-likeness (QED) is 0.550. The molecule has 0 aliphatic heterocycles. The average Bonchev–Trinajstić information content (AvgIpc) is 2.78. The number of carbonyl (C=O) groups is 1. The smallest absolute Gasteiger partial charge is 0.267 e. The highest BCUT2D eigenvalue weighted by Crippen LogP contribution is 2.27. The van der Waals surface area contributed by atoms with Crippen molar-refractivity contribution in [3.63, 3.8) is 0 Å². The van der Waals surface area contributed by atoms with Gasteiger partial charge in [-0.05, 0) is 35.9 Å². The number of aromatic nitrogens is 3. The van der Waals surface area contributed by atoms with Crippen LogP contribution in [0.1, 0.15) is 10.4 Å². The number of hydrogen-bond donors (Lipinski definition) is 1. The number of pyridine rings is 1. The molecule has 156 valence electrons. The molecule has 2 aromatic carbocycles. The van der Waals surface area contributed by atoms with Gasteiger partial charge in [-0.15, -0.1) is 0 Å². The predicted molar refractivity (Wildman–Crippen MR) is 120 cm³/mol. The summed E-state index contributed by atoms with van der Waals surface area (Å²) in [7, 11) is 4.78. The maximum atomic E-state index is 13.2. The van der Waals surface area contributed by atoms with Crippen LogP contribution in [-0.4, -0.2) is 46.5 Å². The summed E-state index contributed by atoms with van der Waals surface area (Å²) in [5.74, 6) is 0.124. The Balaban J connectivity index is 1.90. The number of para-hydroxylation sites is 1. The van der Waals surface area contributed by atoms with E-state index in [4.69, 9.17) is 10.5 Å². The van der Waals surface area contributed by atoms with Crippen LogP contribution in [-0.2, 0) is 0 Å². The van der Waals surface area contributed by atoms with Crippen molar-refractivity contribution in [1.82, 2.24) is 19.4 Å². The molecular weight excluding hydrogens is 394 g/mol. The van der Waals surface area contributed by atoms with E-state index in [1.54, 1.807) is 50.6 Å². The zero-order chi connectivity index (χ0) is 22.1. The van der Waals surface area contributed by atoms with E-state index in [0.29, 0.717) is 27.7 Å². The van der Waals surface area contributed by atoms with Crippen LogP contribution >= 0.6 is 0 Å². The summed E-state index contributed by atoms with van der Waals surface area (Å²) in [4.78, 5) is 35.9. The molecule has 31 heavy (non-hydrogen) atoms. The SMILES string of the molecule is COc1ncc(-c2ccc3nc(N)n(-c4ccccc4)c(=O)c3c2)cc1C(=O)N(C)C. The first-order chi connectivity index (χ1) is 14.9. The summed E-state index contributed by atoms with van der Waals surface area (Å²) in [6.07, 6.45) is 1.60. The molecule has 0 saturated carbocycles. The van der Waals surface area contributed by atoms with E-state index in [1.165, 1.54) is 16.6 Å². The Morgan fingerprint density at radius 1 is 1.06 bits per heavy atom. The molecular formula is C23H21N5O3. The van der Waals surface area contributed by atoms with Gasteiger partial charge in [0.05, 0.1) is 23.7 Å². The minimum Gasteiger partial charge on any atom is -0.480 e. The zero-order valence-corrected chi connectivity index (χ0v) is 17.4. The average molecular weight is 415 g/mol. The second-order valence-electron chi connectivity index (χ2n) is 7.16. The van der Waals surface area contributed by atoms with Crippen LogP contribution in [0.4, 0.5) is 5.95 Å². The molecule has 0 radical (unpaired) electrons. The van der Waals surface area contributed by atoms with Gasteiger partial charge in [-0.25, -0.2) is 14.5 Å². The van der Waals surface area contributed by atoms with Gasteiger partial charge in [0.15, 0.2) is 0 Å². The normalized spacial score (nSPS) is 10.8. The predicted octanol–water partition coefficient (Wildman–Crippen LogP) is 2.74. The standard InChI is InChI=1S/C23H21N5O3/c1-27(2)21(29)18-12-15(13-25-20(18)31-3)14-9-10-19-17(11-14)22(30)28(23(24)26-19)16-7-5-4-6-8-16/h4-13H,1-3H3,(H2,24,26). The van der Waals surface area contributed by atoms with Crippen LogP contribution in [0, 0.1) is 0 Å². The Morgan fingerprint density at radius 2 is 1.81 bits per heavy atom. The molecule has 0 aliphatic carbocycles. The van der Waals surface area contributed by atoms with Gasteiger partial charge in [-0.1, -0.05) is 24.3 Å². The van der Waals surface area contributed by atoms with E-state index in [-0.39, 0.29) is 23.3 Å². The first-order valence-corrected chi connectivity index (χ1v) is 9.54. The fourth-order valence-electron chi connectivity index (χ4n) is 3.38. The summed E-state index contributed by atoms with van der Waals surface area (Å²) in [6, 6.07) is 16.1. The Bertz CT molecular complexity index is 1350. The van der Waals surface area contributed by atoms with Crippen molar-refractivity contribution < 1.29 is 9.53 Å². The number of rotatable bonds is 4. The van der Waals surface area contributed by atoms with Gasteiger partial charge in [0.1, 0.15) is 5.56 Å². The van der Waals surface area contributed by atoms with Crippen molar-refractivity contribution in [1.29, 1.82) is 0 Å². The number of fused-ring (bicyclic) bond motifs is 1. The highest BCUT2D eigenvalue weighted by atomic mass is 16.5.